The van der Waals surface area contributed by atoms with Crippen LogP contribution in [-0.2, 0) is 14.6 Å². The minimum absolute atomic E-state index is 0.00830. The van der Waals surface area contributed by atoms with E-state index in [-0.39, 0.29) is 38.6 Å². The summed E-state index contributed by atoms with van der Waals surface area (Å²) in [5, 5.41) is 0.0166. The number of amides is 1. The zero-order valence-electron chi connectivity index (χ0n) is 13.5. The number of sulfone groups is 1. The molecule has 2 aromatic rings. The van der Waals surface area contributed by atoms with E-state index < -0.39 is 21.7 Å². The molecule has 0 aromatic heterocycles. The van der Waals surface area contributed by atoms with Crippen molar-refractivity contribution in [1.29, 1.82) is 0 Å². The minimum Gasteiger partial charge on any atom is -0.424 e. The van der Waals surface area contributed by atoms with Crippen molar-refractivity contribution in [2.24, 2.45) is 0 Å². The Bertz CT molecular complexity index is 997. The largest absolute Gasteiger partial charge is 0.424 e. The predicted octanol–water partition coefficient (Wildman–Crippen LogP) is 3.35. The first-order chi connectivity index (χ1) is 12.2. The third-order valence-corrected chi connectivity index (χ3v) is 6.11. The van der Waals surface area contributed by atoms with E-state index in [4.69, 9.17) is 27.9 Å². The fourth-order valence-corrected chi connectivity index (χ4v) is 4.67. The lowest BCUT2D eigenvalue weighted by Gasteiger charge is -2.29. The van der Waals surface area contributed by atoms with Gasteiger partial charge in [-0.2, -0.15) is 0 Å². The molecule has 0 fully saturated rings. The Labute approximate surface area is 160 Å². The molecule has 1 aliphatic heterocycles. The SMILES string of the molecule is CC(=O)Oc1c(Cl)cc(C(=O)N2CCS(=O)(=O)c3ccccc32)cc1Cl. The second-order valence-electron chi connectivity index (χ2n) is 5.61. The lowest BCUT2D eigenvalue weighted by Crippen LogP contribution is -2.39. The zero-order chi connectivity index (χ0) is 19.1. The van der Waals surface area contributed by atoms with Crippen LogP contribution in [0.15, 0.2) is 41.3 Å². The van der Waals surface area contributed by atoms with Crippen LogP contribution in [0.4, 0.5) is 5.69 Å². The number of esters is 1. The number of para-hydroxylation sites is 1. The highest BCUT2D eigenvalue weighted by Crippen LogP contribution is 2.36. The molecule has 0 bridgehead atoms. The number of anilines is 1. The van der Waals surface area contributed by atoms with Crippen LogP contribution < -0.4 is 9.64 Å². The van der Waals surface area contributed by atoms with E-state index in [0.717, 1.165) is 0 Å². The van der Waals surface area contributed by atoms with Crippen molar-refractivity contribution in [2.75, 3.05) is 17.2 Å². The van der Waals surface area contributed by atoms with Crippen molar-refractivity contribution in [3.05, 3.63) is 52.0 Å². The molecule has 0 saturated carbocycles. The van der Waals surface area contributed by atoms with Crippen LogP contribution in [0.3, 0.4) is 0 Å². The monoisotopic (exact) mass is 413 g/mol. The predicted molar refractivity (Wildman–Crippen MR) is 97.9 cm³/mol. The molecule has 26 heavy (non-hydrogen) atoms. The summed E-state index contributed by atoms with van der Waals surface area (Å²) in [5.41, 5.74) is 0.463. The van der Waals surface area contributed by atoms with Crippen molar-refractivity contribution in [3.8, 4) is 5.75 Å². The number of benzene rings is 2. The first-order valence-corrected chi connectivity index (χ1v) is 9.92. The van der Waals surface area contributed by atoms with Gasteiger partial charge in [0.2, 0.25) is 0 Å². The average molecular weight is 414 g/mol. The van der Waals surface area contributed by atoms with Crippen LogP contribution in [0.1, 0.15) is 17.3 Å². The topological polar surface area (TPSA) is 80.8 Å². The number of hydrogen-bond acceptors (Lipinski definition) is 5. The number of hydrogen-bond donors (Lipinski definition) is 0. The second-order valence-corrected chi connectivity index (χ2v) is 8.50. The van der Waals surface area contributed by atoms with Crippen molar-refractivity contribution >= 4 is 50.6 Å². The average Bonchev–Trinajstić information content (AvgIpc) is 2.57. The number of carbonyl (C=O) groups excluding carboxylic acids is 2. The molecule has 0 saturated heterocycles. The molecule has 9 heteroatoms. The van der Waals surface area contributed by atoms with Crippen LogP contribution in [0.2, 0.25) is 10.0 Å². The van der Waals surface area contributed by atoms with Gasteiger partial charge in [0.15, 0.2) is 15.6 Å². The molecule has 1 amide bonds. The van der Waals surface area contributed by atoms with E-state index in [9.17, 15) is 18.0 Å². The molecule has 136 valence electrons. The Kier molecular flexibility index (Phi) is 4.96. The van der Waals surface area contributed by atoms with Gasteiger partial charge >= 0.3 is 5.97 Å². The summed E-state index contributed by atoms with van der Waals surface area (Å²) in [6, 6.07) is 8.96. The Balaban J connectivity index is 2.02. The fraction of sp³-hybridized carbons (Fsp3) is 0.176. The van der Waals surface area contributed by atoms with Crippen LogP contribution in [0.25, 0.3) is 0 Å². The molecule has 0 unspecified atom stereocenters. The van der Waals surface area contributed by atoms with Crippen molar-refractivity contribution in [2.45, 2.75) is 11.8 Å². The number of fused-ring (bicyclic) bond motifs is 1. The van der Waals surface area contributed by atoms with Gasteiger partial charge in [0.05, 0.1) is 26.4 Å². The van der Waals surface area contributed by atoms with Gasteiger partial charge in [-0.05, 0) is 24.3 Å². The molecule has 0 atom stereocenters. The van der Waals surface area contributed by atoms with E-state index in [1.54, 1.807) is 18.2 Å². The highest BCUT2D eigenvalue weighted by molar-refractivity contribution is 7.91. The molecule has 0 N–H and O–H groups in total. The van der Waals surface area contributed by atoms with E-state index in [0.29, 0.717) is 5.69 Å². The third-order valence-electron chi connectivity index (χ3n) is 3.81. The standard InChI is InChI=1S/C17H13Cl2NO5S/c1-10(21)25-16-12(18)8-11(9-13(16)19)17(22)20-6-7-26(23,24)15-5-3-2-4-14(15)20/h2-5,8-9H,6-7H2,1H3. The Hall–Kier alpha value is -2.09. The van der Waals surface area contributed by atoms with Gasteiger partial charge in [-0.3, -0.25) is 9.59 Å². The number of ether oxygens (including phenoxy) is 1. The van der Waals surface area contributed by atoms with Crippen LogP contribution in [0, 0.1) is 0 Å². The maximum absolute atomic E-state index is 12.9. The number of rotatable bonds is 2. The molecule has 0 radical (unpaired) electrons. The highest BCUT2D eigenvalue weighted by atomic mass is 35.5. The maximum atomic E-state index is 12.9. The number of halogens is 2. The zero-order valence-corrected chi connectivity index (χ0v) is 15.9. The van der Waals surface area contributed by atoms with Gasteiger partial charge in [-0.25, -0.2) is 8.42 Å². The second kappa shape index (κ2) is 6.90. The minimum atomic E-state index is -3.43. The van der Waals surface area contributed by atoms with E-state index in [1.165, 1.54) is 30.0 Å². The van der Waals surface area contributed by atoms with Gasteiger partial charge in [-0.15, -0.1) is 0 Å². The summed E-state index contributed by atoms with van der Waals surface area (Å²) >= 11 is 12.2. The smallest absolute Gasteiger partial charge is 0.308 e. The maximum Gasteiger partial charge on any atom is 0.308 e. The number of carbonyl (C=O) groups is 2. The molecule has 1 aliphatic rings. The first-order valence-electron chi connectivity index (χ1n) is 7.52. The van der Waals surface area contributed by atoms with Crippen molar-refractivity contribution < 1.29 is 22.7 Å². The Morgan fingerprint density at radius 1 is 1.12 bits per heavy atom. The van der Waals surface area contributed by atoms with E-state index in [1.807, 2.05) is 0 Å². The summed E-state index contributed by atoms with van der Waals surface area (Å²) < 4.78 is 29.3. The van der Waals surface area contributed by atoms with Gasteiger partial charge in [0.25, 0.3) is 5.91 Å². The summed E-state index contributed by atoms with van der Waals surface area (Å²) in [4.78, 5) is 25.5. The lowest BCUT2D eigenvalue weighted by atomic mass is 10.1. The highest BCUT2D eigenvalue weighted by Gasteiger charge is 2.32. The molecule has 0 spiro atoms. The molecular formula is C17H13Cl2NO5S. The normalized spacial score (nSPS) is 15.3. The Morgan fingerprint density at radius 3 is 2.35 bits per heavy atom. The molecule has 1 heterocycles. The van der Waals surface area contributed by atoms with E-state index >= 15 is 0 Å². The molecular weight excluding hydrogens is 401 g/mol. The molecule has 3 rings (SSSR count). The molecule has 0 aliphatic carbocycles. The third kappa shape index (κ3) is 3.42. The Morgan fingerprint density at radius 2 is 1.73 bits per heavy atom. The van der Waals surface area contributed by atoms with Crippen LogP contribution in [0.5, 0.6) is 5.75 Å². The van der Waals surface area contributed by atoms with Crippen molar-refractivity contribution in [1.82, 2.24) is 0 Å². The first kappa shape index (κ1) is 18.7. The summed E-state index contributed by atoms with van der Waals surface area (Å²) in [7, 11) is -3.43. The van der Waals surface area contributed by atoms with Crippen LogP contribution in [-0.4, -0.2) is 32.6 Å². The fourth-order valence-electron chi connectivity index (χ4n) is 2.68. The summed E-state index contributed by atoms with van der Waals surface area (Å²) in [6.07, 6.45) is 0. The summed E-state index contributed by atoms with van der Waals surface area (Å²) in [5.74, 6) is -1.25. The van der Waals surface area contributed by atoms with Crippen molar-refractivity contribution in [3.63, 3.8) is 0 Å². The van der Waals surface area contributed by atoms with E-state index in [2.05, 4.69) is 0 Å². The van der Waals surface area contributed by atoms with Gasteiger partial charge < -0.3 is 9.64 Å². The van der Waals surface area contributed by atoms with Crippen LogP contribution >= 0.6 is 23.2 Å². The van der Waals surface area contributed by atoms with Gasteiger partial charge in [0, 0.05) is 19.0 Å². The molecule has 6 nitrogen and oxygen atoms in total. The van der Waals surface area contributed by atoms with Gasteiger partial charge in [-0.1, -0.05) is 35.3 Å². The summed E-state index contributed by atoms with van der Waals surface area (Å²) in [6.45, 7) is 1.22. The molecule has 2 aromatic carbocycles. The number of nitrogens with zero attached hydrogens (tertiary/aromatic N) is 1. The van der Waals surface area contributed by atoms with Gasteiger partial charge in [0.1, 0.15) is 0 Å². The quantitative estimate of drug-likeness (QED) is 0.556. The lowest BCUT2D eigenvalue weighted by molar-refractivity contribution is -0.131.